The number of benzene rings is 1. The first-order valence-corrected chi connectivity index (χ1v) is 10.7. The summed E-state index contributed by atoms with van der Waals surface area (Å²) in [5, 5.41) is 0. The minimum atomic E-state index is -0.0326. The van der Waals surface area contributed by atoms with Crippen LogP contribution in [0.4, 0.5) is 5.95 Å². The molecule has 1 aromatic carbocycles. The largest absolute Gasteiger partial charge is 0.497 e. The van der Waals surface area contributed by atoms with Crippen LogP contribution in [0.3, 0.4) is 0 Å². The molecule has 8 heteroatoms. The van der Waals surface area contributed by atoms with E-state index in [1.54, 1.807) is 13.3 Å². The van der Waals surface area contributed by atoms with Crippen LogP contribution < -0.4 is 9.64 Å². The van der Waals surface area contributed by atoms with Gasteiger partial charge in [-0.1, -0.05) is 12.1 Å². The topological polar surface area (TPSA) is 84.3 Å². The number of hydrogen-bond donors (Lipinski definition) is 0. The summed E-state index contributed by atoms with van der Waals surface area (Å²) in [5.41, 5.74) is 4.17. The highest BCUT2D eigenvalue weighted by atomic mass is 16.5. The molecule has 1 aliphatic heterocycles. The van der Waals surface area contributed by atoms with Gasteiger partial charge in [-0.15, -0.1) is 0 Å². The Hall–Kier alpha value is -3.55. The van der Waals surface area contributed by atoms with Gasteiger partial charge in [-0.25, -0.2) is 19.9 Å². The molecule has 0 saturated carbocycles. The molecule has 1 fully saturated rings. The van der Waals surface area contributed by atoms with Crippen molar-refractivity contribution in [3.8, 4) is 16.9 Å². The summed E-state index contributed by atoms with van der Waals surface area (Å²) in [4.78, 5) is 34.9. The molecule has 0 bridgehead atoms. The number of aryl methyl sites for hydroxylation is 2. The molecule has 0 unspecified atom stereocenters. The predicted octanol–water partition coefficient (Wildman–Crippen LogP) is 3.25. The summed E-state index contributed by atoms with van der Waals surface area (Å²) in [7, 11) is 5.51. The summed E-state index contributed by atoms with van der Waals surface area (Å²) in [5.74, 6) is 2.17. The molecule has 0 radical (unpaired) electrons. The van der Waals surface area contributed by atoms with E-state index < -0.39 is 0 Å². The third kappa shape index (κ3) is 4.26. The second-order valence-electron chi connectivity index (χ2n) is 8.25. The molecule has 1 atom stereocenters. The highest BCUT2D eigenvalue weighted by Gasteiger charge is 2.32. The molecule has 1 saturated heterocycles. The van der Waals surface area contributed by atoms with Gasteiger partial charge in [0, 0.05) is 51.1 Å². The fourth-order valence-corrected chi connectivity index (χ4v) is 4.06. The van der Waals surface area contributed by atoms with Crippen molar-refractivity contribution < 1.29 is 9.53 Å². The summed E-state index contributed by atoms with van der Waals surface area (Å²) in [6, 6.07) is 7.90. The molecule has 2 aromatic heterocycles. The lowest BCUT2D eigenvalue weighted by Crippen LogP contribution is -2.29. The predicted molar refractivity (Wildman–Crippen MR) is 123 cm³/mol. The number of likely N-dealkylation sites (tertiary alicyclic amines) is 1. The lowest BCUT2D eigenvalue weighted by atomic mass is 9.96. The van der Waals surface area contributed by atoms with Gasteiger partial charge in [0.25, 0.3) is 5.91 Å². The third-order valence-corrected chi connectivity index (χ3v) is 5.78. The number of aromatic nitrogens is 4. The maximum atomic E-state index is 13.2. The Labute approximate surface area is 188 Å². The van der Waals surface area contributed by atoms with Crippen molar-refractivity contribution in [2.45, 2.75) is 26.2 Å². The second-order valence-corrected chi connectivity index (χ2v) is 8.25. The first-order valence-electron chi connectivity index (χ1n) is 10.7. The fourth-order valence-electron chi connectivity index (χ4n) is 4.06. The lowest BCUT2D eigenvalue weighted by Gasteiger charge is -2.20. The molecule has 3 heterocycles. The second kappa shape index (κ2) is 8.90. The van der Waals surface area contributed by atoms with Crippen molar-refractivity contribution in [2.24, 2.45) is 0 Å². The molecular weight excluding hydrogens is 404 g/mol. The molecule has 0 aliphatic carbocycles. The van der Waals surface area contributed by atoms with Gasteiger partial charge in [-0.3, -0.25) is 4.79 Å². The van der Waals surface area contributed by atoms with Gasteiger partial charge < -0.3 is 14.5 Å². The van der Waals surface area contributed by atoms with E-state index in [4.69, 9.17) is 9.72 Å². The van der Waals surface area contributed by atoms with Crippen molar-refractivity contribution in [1.82, 2.24) is 24.8 Å². The molecule has 8 nitrogen and oxygen atoms in total. The highest BCUT2D eigenvalue weighted by molar-refractivity contribution is 5.95. The monoisotopic (exact) mass is 432 g/mol. The first-order chi connectivity index (χ1) is 15.4. The van der Waals surface area contributed by atoms with Gasteiger partial charge in [0.1, 0.15) is 11.6 Å². The Kier molecular flexibility index (Phi) is 6.03. The Morgan fingerprint density at radius 2 is 1.97 bits per heavy atom. The van der Waals surface area contributed by atoms with Crippen LogP contribution in [0.5, 0.6) is 5.75 Å². The van der Waals surface area contributed by atoms with Crippen LogP contribution in [0, 0.1) is 13.8 Å². The van der Waals surface area contributed by atoms with Crippen LogP contribution in [0.1, 0.15) is 39.9 Å². The number of amides is 1. The minimum absolute atomic E-state index is 0.0326. The maximum Gasteiger partial charge on any atom is 0.257 e. The van der Waals surface area contributed by atoms with E-state index in [1.807, 2.05) is 68.2 Å². The van der Waals surface area contributed by atoms with Crippen LogP contribution in [0.15, 0.2) is 36.7 Å². The van der Waals surface area contributed by atoms with Crippen molar-refractivity contribution in [3.63, 3.8) is 0 Å². The van der Waals surface area contributed by atoms with Crippen LogP contribution >= 0.6 is 0 Å². The molecule has 0 spiro atoms. The van der Waals surface area contributed by atoms with Gasteiger partial charge in [0.05, 0.1) is 24.1 Å². The molecule has 0 N–H and O–H groups in total. The van der Waals surface area contributed by atoms with Crippen molar-refractivity contribution in [2.75, 3.05) is 39.2 Å². The van der Waals surface area contributed by atoms with Crippen LogP contribution in [0.2, 0.25) is 0 Å². The number of rotatable bonds is 5. The van der Waals surface area contributed by atoms with Gasteiger partial charge in [0.2, 0.25) is 5.95 Å². The molecular formula is C24H28N6O2. The number of anilines is 1. The zero-order valence-electron chi connectivity index (χ0n) is 19.2. The molecule has 166 valence electrons. The SMILES string of the molecule is COc1cccc(-c2cnc(N(C)C)nc2[C@@H]2CCN(C(=O)c3cnc(C)nc3C)C2)c1. The summed E-state index contributed by atoms with van der Waals surface area (Å²) < 4.78 is 5.41. The van der Waals surface area contributed by atoms with E-state index in [0.29, 0.717) is 36.1 Å². The van der Waals surface area contributed by atoms with Gasteiger partial charge in [-0.05, 0) is 38.0 Å². The van der Waals surface area contributed by atoms with E-state index in [0.717, 1.165) is 29.0 Å². The van der Waals surface area contributed by atoms with Crippen molar-refractivity contribution in [1.29, 1.82) is 0 Å². The summed E-state index contributed by atoms with van der Waals surface area (Å²) in [6.07, 6.45) is 4.33. The maximum absolute atomic E-state index is 13.2. The van der Waals surface area contributed by atoms with E-state index in [2.05, 4.69) is 15.0 Å². The van der Waals surface area contributed by atoms with E-state index in [9.17, 15) is 4.79 Å². The Morgan fingerprint density at radius 1 is 1.16 bits per heavy atom. The number of carbonyl (C=O) groups is 1. The Morgan fingerprint density at radius 3 is 2.69 bits per heavy atom. The average molecular weight is 433 g/mol. The highest BCUT2D eigenvalue weighted by Crippen LogP contribution is 2.35. The van der Waals surface area contributed by atoms with Gasteiger partial charge in [-0.2, -0.15) is 0 Å². The fraction of sp³-hybridized carbons (Fsp3) is 0.375. The van der Waals surface area contributed by atoms with E-state index in [-0.39, 0.29) is 11.8 Å². The normalized spacial score (nSPS) is 15.7. The van der Waals surface area contributed by atoms with Gasteiger partial charge in [0.15, 0.2) is 0 Å². The first kappa shape index (κ1) is 21.7. The number of hydrogen-bond acceptors (Lipinski definition) is 7. The molecule has 3 aromatic rings. The zero-order valence-corrected chi connectivity index (χ0v) is 19.2. The number of ether oxygens (including phenoxy) is 1. The van der Waals surface area contributed by atoms with Crippen molar-refractivity contribution >= 4 is 11.9 Å². The Bertz CT molecular complexity index is 1150. The summed E-state index contributed by atoms with van der Waals surface area (Å²) >= 11 is 0. The molecule has 4 rings (SSSR count). The smallest absolute Gasteiger partial charge is 0.257 e. The third-order valence-electron chi connectivity index (χ3n) is 5.78. The minimum Gasteiger partial charge on any atom is -0.497 e. The summed E-state index contributed by atoms with van der Waals surface area (Å²) in [6.45, 7) is 4.93. The molecule has 1 aliphatic rings. The molecule has 32 heavy (non-hydrogen) atoms. The number of nitrogens with zero attached hydrogens (tertiary/aromatic N) is 6. The van der Waals surface area contributed by atoms with Crippen LogP contribution in [-0.2, 0) is 0 Å². The van der Waals surface area contributed by atoms with Gasteiger partial charge >= 0.3 is 0 Å². The van der Waals surface area contributed by atoms with E-state index >= 15 is 0 Å². The number of methoxy groups -OCH3 is 1. The quantitative estimate of drug-likeness (QED) is 0.612. The Balaban J connectivity index is 1.66. The van der Waals surface area contributed by atoms with E-state index in [1.165, 1.54) is 0 Å². The lowest BCUT2D eigenvalue weighted by molar-refractivity contribution is 0.0789. The van der Waals surface area contributed by atoms with Crippen LogP contribution in [-0.4, -0.2) is 65.0 Å². The average Bonchev–Trinajstić information content (AvgIpc) is 3.28. The standard InChI is InChI=1S/C24H28N6O2/c1-15-20(12-25-16(2)27-15)23(31)30-10-9-18(14-30)22-21(13-26-24(28-22)29(3)4)17-7-6-8-19(11-17)32-5/h6-8,11-13,18H,9-10,14H2,1-5H3/t18-/m1/s1. The zero-order chi connectivity index (χ0) is 22.8. The van der Waals surface area contributed by atoms with Crippen LogP contribution in [0.25, 0.3) is 11.1 Å². The van der Waals surface area contributed by atoms with Crippen molar-refractivity contribution in [3.05, 3.63) is 59.4 Å². The number of carbonyl (C=O) groups excluding carboxylic acids is 1. The molecule has 1 amide bonds.